The maximum atomic E-state index is 12.9. The van der Waals surface area contributed by atoms with Crippen molar-refractivity contribution < 1.29 is 24.7 Å². The molecule has 44 heavy (non-hydrogen) atoms. The molecule has 230 valence electrons. The molecule has 2 fully saturated rings. The van der Waals surface area contributed by atoms with Crippen LogP contribution < -0.4 is 21.0 Å². The maximum Gasteiger partial charge on any atom is 0.335 e. The second-order valence-electron chi connectivity index (χ2n) is 10.9. The van der Waals surface area contributed by atoms with E-state index in [1.807, 2.05) is 17.6 Å². The van der Waals surface area contributed by atoms with E-state index in [2.05, 4.69) is 25.5 Å². The predicted octanol–water partition coefficient (Wildman–Crippen LogP) is 3.93. The number of hydrogen-bond acceptors (Lipinski definition) is 11. The number of amides is 1. The van der Waals surface area contributed by atoms with E-state index in [0.717, 1.165) is 31.4 Å². The Morgan fingerprint density at radius 3 is 2.16 bits per heavy atom. The van der Waals surface area contributed by atoms with Crippen LogP contribution >= 0.6 is 0 Å². The van der Waals surface area contributed by atoms with E-state index >= 15 is 0 Å². The highest BCUT2D eigenvalue weighted by Crippen LogP contribution is 2.29. The van der Waals surface area contributed by atoms with Crippen LogP contribution in [0.15, 0.2) is 54.5 Å². The van der Waals surface area contributed by atoms with Crippen molar-refractivity contribution in [1.82, 2.24) is 25.3 Å². The molecule has 0 bridgehead atoms. The molecule has 13 heteroatoms. The number of anilines is 4. The molecule has 5 N–H and O–H groups in total. The van der Waals surface area contributed by atoms with E-state index in [9.17, 15) is 19.6 Å². The van der Waals surface area contributed by atoms with Crippen molar-refractivity contribution in [3.05, 3.63) is 71.2 Å². The number of carboxylic acids is 1. The highest BCUT2D eigenvalue weighted by atomic mass is 16.5. The lowest BCUT2D eigenvalue weighted by molar-refractivity contribution is -0.114. The highest BCUT2D eigenvalue weighted by Gasteiger charge is 2.23. The first-order valence-corrected chi connectivity index (χ1v) is 14.6. The van der Waals surface area contributed by atoms with E-state index in [1.54, 1.807) is 36.4 Å². The van der Waals surface area contributed by atoms with E-state index in [1.165, 1.54) is 19.1 Å². The van der Waals surface area contributed by atoms with Crippen molar-refractivity contribution in [3.63, 3.8) is 0 Å². The Kier molecular flexibility index (Phi) is 9.34. The van der Waals surface area contributed by atoms with Gasteiger partial charge in [0, 0.05) is 56.5 Å². The van der Waals surface area contributed by atoms with Gasteiger partial charge < -0.3 is 25.5 Å². The van der Waals surface area contributed by atoms with Crippen molar-refractivity contribution in [2.24, 2.45) is 0 Å². The fraction of sp³-hybridized carbons (Fsp3) is 0.355. The van der Waals surface area contributed by atoms with Crippen molar-refractivity contribution in [2.75, 3.05) is 41.7 Å². The molecule has 0 unspecified atom stereocenters. The number of carbonyl (C=O) groups is 3. The van der Waals surface area contributed by atoms with E-state index in [-0.39, 0.29) is 29.0 Å². The number of carbonyl (C=O) groups excluding carboxylic acids is 2. The monoisotopic (exact) mass is 600 g/mol. The number of hydroxylamine groups is 1. The summed E-state index contributed by atoms with van der Waals surface area (Å²) in [5.41, 5.74) is 4.77. The van der Waals surface area contributed by atoms with Gasteiger partial charge in [0.25, 0.3) is 5.91 Å². The fourth-order valence-corrected chi connectivity index (χ4v) is 5.52. The number of ketones is 1. The molecule has 0 radical (unpaired) electrons. The number of nitrogens with zero attached hydrogens (tertiary/aromatic N) is 5. The molecule has 13 nitrogen and oxygen atoms in total. The second kappa shape index (κ2) is 13.5. The third-order valence-corrected chi connectivity index (χ3v) is 8.03. The lowest BCUT2D eigenvalue weighted by Gasteiger charge is -2.36. The maximum absolute atomic E-state index is 12.9. The van der Waals surface area contributed by atoms with Gasteiger partial charge in [0.2, 0.25) is 5.95 Å². The van der Waals surface area contributed by atoms with Crippen LogP contribution in [0.3, 0.4) is 0 Å². The van der Waals surface area contributed by atoms with Crippen molar-refractivity contribution in [1.29, 1.82) is 0 Å². The lowest BCUT2D eigenvalue weighted by Crippen LogP contribution is -2.48. The number of Topliss-reactive ketones (excluding diaryl/α,β-unsaturated/α-hetero) is 1. The average molecular weight is 601 g/mol. The molecule has 3 heterocycles. The first-order valence-electron chi connectivity index (χ1n) is 14.6. The summed E-state index contributed by atoms with van der Waals surface area (Å²) >= 11 is 0. The first kappa shape index (κ1) is 30.4. The third kappa shape index (κ3) is 6.94. The van der Waals surface area contributed by atoms with Gasteiger partial charge in [0.1, 0.15) is 17.3 Å². The van der Waals surface area contributed by atoms with Gasteiger partial charge in [-0.05, 0) is 61.7 Å². The predicted molar refractivity (Wildman–Crippen MR) is 165 cm³/mol. The summed E-state index contributed by atoms with van der Waals surface area (Å²) < 4.78 is 0. The Morgan fingerprint density at radius 1 is 0.886 bits per heavy atom. The summed E-state index contributed by atoms with van der Waals surface area (Å²) in [7, 11) is 0. The zero-order chi connectivity index (χ0) is 31.2. The fourth-order valence-electron chi connectivity index (χ4n) is 5.52. The standard InChI is InChI=1S/C31H36N8O5/c1-19(27(37-44)20(2)40)25-18-33-31(36-28(25)34-23-5-3-4-6-23)35-26-12-11-24(17-32-26)38-13-15-39(16-14-38)29(41)21-7-9-22(10-8-21)30(42)43/h7-12,17-18,23,37,44H,3-6,13-16H2,1-2H3,(H,42,43)(H2,32,33,34,35,36)/b27-19-. The minimum Gasteiger partial charge on any atom is -0.478 e. The van der Waals surface area contributed by atoms with Crippen molar-refractivity contribution in [2.45, 2.75) is 45.6 Å². The highest BCUT2D eigenvalue weighted by molar-refractivity contribution is 6.01. The number of benzene rings is 1. The third-order valence-electron chi connectivity index (χ3n) is 8.03. The van der Waals surface area contributed by atoms with Crippen LogP contribution in [0.25, 0.3) is 5.57 Å². The lowest BCUT2D eigenvalue weighted by atomic mass is 10.1. The van der Waals surface area contributed by atoms with Crippen LogP contribution in [0.1, 0.15) is 65.8 Å². The first-order chi connectivity index (χ1) is 21.2. The van der Waals surface area contributed by atoms with Crippen LogP contribution in [0.2, 0.25) is 0 Å². The normalized spacial score (nSPS) is 15.9. The smallest absolute Gasteiger partial charge is 0.335 e. The number of hydrogen-bond donors (Lipinski definition) is 5. The Hall–Kier alpha value is -5.04. The van der Waals surface area contributed by atoms with E-state index in [4.69, 9.17) is 10.1 Å². The molecule has 3 aromatic rings. The average Bonchev–Trinajstić information content (AvgIpc) is 3.54. The van der Waals surface area contributed by atoms with Gasteiger partial charge in [0.15, 0.2) is 5.78 Å². The van der Waals surface area contributed by atoms with Gasteiger partial charge in [-0.15, -0.1) is 0 Å². The molecular weight excluding hydrogens is 564 g/mol. The SMILES string of the molecule is CC(=O)/C(NO)=C(\C)c1cnc(Nc2ccc(N3CCN(C(=O)c4ccc(C(=O)O)cc4)CC3)cn2)nc1NC1CCCC1. The summed E-state index contributed by atoms with van der Waals surface area (Å²) in [6.45, 7) is 5.43. The van der Waals surface area contributed by atoms with E-state index < -0.39 is 5.97 Å². The second-order valence-corrected chi connectivity index (χ2v) is 10.9. The van der Waals surface area contributed by atoms with Gasteiger partial charge in [-0.25, -0.2) is 14.8 Å². The number of rotatable bonds is 10. The summed E-state index contributed by atoms with van der Waals surface area (Å²) in [5, 5.41) is 25.3. The molecule has 0 spiro atoms. The van der Waals surface area contributed by atoms with Crippen LogP contribution in [-0.2, 0) is 4.79 Å². The zero-order valence-electron chi connectivity index (χ0n) is 24.7. The minimum absolute atomic E-state index is 0.0839. The van der Waals surface area contributed by atoms with Gasteiger partial charge >= 0.3 is 5.97 Å². The van der Waals surface area contributed by atoms with Gasteiger partial charge in [-0.2, -0.15) is 4.98 Å². The molecule has 1 saturated heterocycles. The van der Waals surface area contributed by atoms with Gasteiger partial charge in [-0.3, -0.25) is 20.3 Å². The minimum atomic E-state index is -1.03. The number of piperazine rings is 1. The molecule has 1 aliphatic heterocycles. The molecule has 5 rings (SSSR count). The number of allylic oxidation sites excluding steroid dienone is 2. The number of aromatic carboxylic acids is 1. The number of carboxylic acid groups (broad SMARTS) is 1. The van der Waals surface area contributed by atoms with Crippen molar-refractivity contribution in [3.8, 4) is 0 Å². The summed E-state index contributed by atoms with van der Waals surface area (Å²) in [5.74, 6) is 0.0183. The number of aromatic nitrogens is 3. The summed E-state index contributed by atoms with van der Waals surface area (Å²) in [4.78, 5) is 53.6. The molecule has 2 aromatic heterocycles. The molecule has 1 aromatic carbocycles. The van der Waals surface area contributed by atoms with E-state index in [0.29, 0.717) is 60.5 Å². The molecule has 1 saturated carbocycles. The van der Waals surface area contributed by atoms with Crippen LogP contribution in [0.5, 0.6) is 0 Å². The molecule has 2 aliphatic rings. The Labute approximate surface area is 255 Å². The Balaban J connectivity index is 1.24. The Bertz CT molecular complexity index is 1540. The summed E-state index contributed by atoms with van der Waals surface area (Å²) in [6, 6.07) is 10.0. The van der Waals surface area contributed by atoms with Crippen LogP contribution in [0, 0.1) is 0 Å². The summed E-state index contributed by atoms with van der Waals surface area (Å²) in [6.07, 6.45) is 7.71. The number of nitrogens with one attached hydrogen (secondary N) is 3. The largest absolute Gasteiger partial charge is 0.478 e. The van der Waals surface area contributed by atoms with Gasteiger partial charge in [0.05, 0.1) is 17.4 Å². The molecule has 0 atom stereocenters. The van der Waals surface area contributed by atoms with Crippen molar-refractivity contribution >= 4 is 46.5 Å². The number of pyridine rings is 1. The molecular formula is C31H36N8O5. The zero-order valence-corrected chi connectivity index (χ0v) is 24.7. The van der Waals surface area contributed by atoms with Gasteiger partial charge in [-0.1, -0.05) is 12.8 Å². The quantitative estimate of drug-likeness (QED) is 0.168. The van der Waals surface area contributed by atoms with Crippen LogP contribution in [0.4, 0.5) is 23.3 Å². The Morgan fingerprint density at radius 2 is 1.57 bits per heavy atom. The topological polar surface area (TPSA) is 173 Å². The van der Waals surface area contributed by atoms with Crippen LogP contribution in [-0.4, -0.2) is 80.0 Å². The molecule has 1 amide bonds. The molecule has 1 aliphatic carbocycles.